The van der Waals surface area contributed by atoms with E-state index in [1.807, 2.05) is 0 Å². The van der Waals surface area contributed by atoms with Gasteiger partial charge in [-0.15, -0.1) is 0 Å². The van der Waals surface area contributed by atoms with Crippen LogP contribution in [-0.2, 0) is 38.1 Å². The number of ether oxygens (including phenoxy) is 4. The number of methoxy groups -OCH3 is 4. The van der Waals surface area contributed by atoms with Gasteiger partial charge in [-0.2, -0.15) is 0 Å². The van der Waals surface area contributed by atoms with E-state index in [0.717, 1.165) is 0 Å². The van der Waals surface area contributed by atoms with Crippen LogP contribution in [0.15, 0.2) is 23.3 Å². The van der Waals surface area contributed by atoms with E-state index in [9.17, 15) is 19.2 Å². The second-order valence-corrected chi connectivity index (χ2v) is 16.1. The monoisotopic (exact) mass is 584 g/mol. The van der Waals surface area contributed by atoms with Crippen LogP contribution in [0.5, 0.6) is 0 Å². The quantitative estimate of drug-likeness (QED) is 0.186. The lowest BCUT2D eigenvalue weighted by Crippen LogP contribution is -2.91. The normalized spacial score (nSPS) is 40.3. The van der Waals surface area contributed by atoms with Crippen molar-refractivity contribution in [1.29, 1.82) is 0 Å². The highest BCUT2D eigenvalue weighted by Crippen LogP contribution is 3.05. The van der Waals surface area contributed by atoms with Gasteiger partial charge in [0.05, 0.1) is 28.4 Å². The van der Waals surface area contributed by atoms with Gasteiger partial charge in [-0.05, 0) is 59.2 Å². The lowest BCUT2D eigenvalue weighted by Gasteiger charge is -2.95. The molecule has 5 fully saturated rings. The largest absolute Gasteiger partial charge is 0.468 e. The molecule has 5 saturated carbocycles. The first-order chi connectivity index (χ1) is 19.2. The minimum absolute atomic E-state index is 0.113. The van der Waals surface area contributed by atoms with E-state index < -0.39 is 56.4 Å². The Labute approximate surface area is 249 Å². The van der Waals surface area contributed by atoms with Crippen LogP contribution in [0.4, 0.5) is 0 Å². The van der Waals surface area contributed by atoms with E-state index in [2.05, 4.69) is 67.5 Å². The summed E-state index contributed by atoms with van der Waals surface area (Å²) in [5.41, 5.74) is -2.71. The third-order valence-electron chi connectivity index (χ3n) is 12.4. The second-order valence-electron chi connectivity index (χ2n) is 16.1. The molecule has 42 heavy (non-hydrogen) atoms. The summed E-state index contributed by atoms with van der Waals surface area (Å²) < 4.78 is 21.2. The van der Waals surface area contributed by atoms with E-state index >= 15 is 0 Å². The minimum atomic E-state index is -1.48. The summed E-state index contributed by atoms with van der Waals surface area (Å²) in [5, 5.41) is 0. The zero-order valence-corrected chi connectivity index (χ0v) is 27.4. The van der Waals surface area contributed by atoms with Crippen molar-refractivity contribution in [3.63, 3.8) is 0 Å². The average molecular weight is 585 g/mol. The van der Waals surface area contributed by atoms with Crippen LogP contribution in [-0.4, -0.2) is 52.3 Å². The molecule has 0 saturated heterocycles. The molecule has 0 heterocycles. The van der Waals surface area contributed by atoms with Crippen molar-refractivity contribution in [1.82, 2.24) is 0 Å². The standard InChI is InChI=1S/C34H48O8/c1-27(2,3)13-19-21-15-31(23(35)39-9,24(36)40-10)17-33(21)29(19,7)30(8)20(14-28(4,5)6)22-16-32(25(37)41-11,26(38)42-12)18-34(22,30)33/h13-14,21-22H,15-18H2,1-12H3/b19-13+,20-14+. The van der Waals surface area contributed by atoms with Gasteiger partial charge in [-0.25, -0.2) is 0 Å². The molecule has 0 aromatic heterocycles. The third-order valence-corrected chi connectivity index (χ3v) is 12.4. The number of hydrogen-bond acceptors (Lipinski definition) is 8. The molecule has 8 nitrogen and oxygen atoms in total. The summed E-state index contributed by atoms with van der Waals surface area (Å²) in [7, 11) is 5.24. The number of carbonyl (C=O) groups excluding carboxylic acids is 4. The Bertz CT molecular complexity index is 1210. The molecule has 0 amide bonds. The summed E-state index contributed by atoms with van der Waals surface area (Å²) in [6.07, 6.45) is 5.68. The first-order valence-corrected chi connectivity index (χ1v) is 15.0. The molecule has 5 aliphatic rings. The van der Waals surface area contributed by atoms with Crippen molar-refractivity contribution in [2.75, 3.05) is 28.4 Å². The fraction of sp³-hybridized carbons (Fsp3) is 0.765. The van der Waals surface area contributed by atoms with Crippen LogP contribution in [0, 0.1) is 55.2 Å². The smallest absolute Gasteiger partial charge is 0.323 e. The molecule has 5 rings (SSSR count). The highest BCUT2D eigenvalue weighted by atomic mass is 16.6. The highest BCUT2D eigenvalue weighted by Gasteiger charge is 3.02. The van der Waals surface area contributed by atoms with Crippen LogP contribution in [0.1, 0.15) is 81.1 Å². The molecule has 232 valence electrons. The Morgan fingerprint density at radius 1 is 0.595 bits per heavy atom. The van der Waals surface area contributed by atoms with Gasteiger partial charge in [0.1, 0.15) is 0 Å². The summed E-state index contributed by atoms with van der Waals surface area (Å²) in [5.74, 6) is -2.59. The Kier molecular flexibility index (Phi) is 6.24. The van der Waals surface area contributed by atoms with E-state index in [-0.39, 0.29) is 48.3 Å². The van der Waals surface area contributed by atoms with Crippen molar-refractivity contribution < 1.29 is 38.1 Å². The Hall–Kier alpha value is -2.64. The van der Waals surface area contributed by atoms with Gasteiger partial charge in [-0.1, -0.05) is 78.7 Å². The summed E-state index contributed by atoms with van der Waals surface area (Å²) in [4.78, 5) is 54.3. The first-order valence-electron chi connectivity index (χ1n) is 15.0. The maximum atomic E-state index is 13.6. The van der Waals surface area contributed by atoms with Gasteiger partial charge >= 0.3 is 23.9 Å². The minimum Gasteiger partial charge on any atom is -0.468 e. The predicted octanol–water partition coefficient (Wildman–Crippen LogP) is 5.44. The number of rotatable bonds is 4. The molecule has 0 aromatic carbocycles. The van der Waals surface area contributed by atoms with Gasteiger partial charge in [0.15, 0.2) is 10.8 Å². The molecular weight excluding hydrogens is 536 g/mol. The van der Waals surface area contributed by atoms with Crippen LogP contribution < -0.4 is 0 Å². The Morgan fingerprint density at radius 2 is 0.857 bits per heavy atom. The van der Waals surface area contributed by atoms with Gasteiger partial charge in [0.2, 0.25) is 0 Å². The molecule has 0 N–H and O–H groups in total. The Balaban J connectivity index is 1.84. The average Bonchev–Trinajstić information content (AvgIpc) is 3.46. The first kappa shape index (κ1) is 30.8. The molecule has 8 heteroatoms. The highest BCUT2D eigenvalue weighted by molar-refractivity contribution is 6.03. The number of allylic oxidation sites excluding steroid dienone is 4. The fourth-order valence-corrected chi connectivity index (χ4v) is 11.5. The van der Waals surface area contributed by atoms with E-state index in [4.69, 9.17) is 18.9 Å². The van der Waals surface area contributed by atoms with Crippen LogP contribution in [0.2, 0.25) is 0 Å². The summed E-state index contributed by atoms with van der Waals surface area (Å²) in [6, 6.07) is 0. The van der Waals surface area contributed by atoms with Gasteiger partial charge < -0.3 is 18.9 Å². The number of esters is 4. The zero-order chi connectivity index (χ0) is 31.7. The van der Waals surface area contributed by atoms with Crippen molar-refractivity contribution in [2.24, 2.45) is 55.2 Å². The molecule has 0 bridgehead atoms. The molecule has 6 unspecified atom stereocenters. The van der Waals surface area contributed by atoms with Crippen LogP contribution >= 0.6 is 0 Å². The van der Waals surface area contributed by atoms with Crippen molar-refractivity contribution in [2.45, 2.75) is 81.1 Å². The number of carbonyl (C=O) groups is 4. The fourth-order valence-electron chi connectivity index (χ4n) is 11.5. The number of fused-ring (bicyclic) bond motifs is 1. The predicted molar refractivity (Wildman–Crippen MR) is 155 cm³/mol. The molecule has 0 aliphatic heterocycles. The molecule has 0 aromatic rings. The summed E-state index contributed by atoms with van der Waals surface area (Å²) >= 11 is 0. The van der Waals surface area contributed by atoms with Crippen molar-refractivity contribution >= 4 is 23.9 Å². The molecule has 6 atom stereocenters. The zero-order valence-electron chi connectivity index (χ0n) is 27.4. The van der Waals surface area contributed by atoms with Gasteiger partial charge in [0, 0.05) is 10.8 Å². The third kappa shape index (κ3) is 2.95. The van der Waals surface area contributed by atoms with Crippen LogP contribution in [0.25, 0.3) is 0 Å². The number of hydrogen-bond donors (Lipinski definition) is 0. The molecule has 5 aliphatic carbocycles. The van der Waals surface area contributed by atoms with Crippen LogP contribution in [0.3, 0.4) is 0 Å². The molecule has 0 radical (unpaired) electrons. The topological polar surface area (TPSA) is 105 Å². The van der Waals surface area contributed by atoms with E-state index in [1.54, 1.807) is 0 Å². The lowest BCUT2D eigenvalue weighted by atomic mass is 9.07. The van der Waals surface area contributed by atoms with Gasteiger partial charge in [-0.3, -0.25) is 19.2 Å². The van der Waals surface area contributed by atoms with Crippen molar-refractivity contribution in [3.8, 4) is 0 Å². The SMILES string of the molecule is COC(=O)C1(C(=O)OC)CC2/C(=C\C(C)(C)C)C3(C)C4(C)/C(=C/C(C)(C)C)C5CC(C(=O)OC)(C(=O)OC)CC54C23C1. The maximum absolute atomic E-state index is 13.6. The summed E-state index contributed by atoms with van der Waals surface area (Å²) in [6.45, 7) is 17.5. The molecule has 2 spiro atoms. The molecular formula is C34H48O8. The van der Waals surface area contributed by atoms with Crippen molar-refractivity contribution in [3.05, 3.63) is 23.3 Å². The second kappa shape index (κ2) is 8.50. The maximum Gasteiger partial charge on any atom is 0.323 e. The lowest BCUT2D eigenvalue weighted by molar-refractivity contribution is -0.409. The Morgan fingerprint density at radius 3 is 1.07 bits per heavy atom. The van der Waals surface area contributed by atoms with Gasteiger partial charge in [0.25, 0.3) is 0 Å². The van der Waals surface area contributed by atoms with E-state index in [1.165, 1.54) is 39.6 Å². The van der Waals surface area contributed by atoms with E-state index in [0.29, 0.717) is 0 Å².